The fourth-order valence-corrected chi connectivity index (χ4v) is 3.89. The summed E-state index contributed by atoms with van der Waals surface area (Å²) in [4.78, 5) is 0. The SMILES string of the molecule is C[Si]C.Cc1ccc2c(c1C)-c1c([c-]c(C3=CC=CC3)c(C)c1C)C2.[Cl-].[Cl-].[Zr+3]. The molecule has 3 radical (unpaired) electrons. The second kappa shape index (κ2) is 11.7. The van der Waals surface area contributed by atoms with Crippen LogP contribution < -0.4 is 24.8 Å². The van der Waals surface area contributed by atoms with E-state index in [2.05, 4.69) is 77.2 Å². The third-order valence-electron chi connectivity index (χ3n) is 5.42. The van der Waals surface area contributed by atoms with Crippen molar-refractivity contribution in [2.75, 3.05) is 0 Å². The van der Waals surface area contributed by atoms with Gasteiger partial charge in [-0.1, -0.05) is 62.4 Å². The molecule has 2 aliphatic rings. The van der Waals surface area contributed by atoms with Crippen LogP contribution in [0.2, 0.25) is 13.1 Å². The minimum absolute atomic E-state index is 0. The van der Waals surface area contributed by atoms with Crippen molar-refractivity contribution in [3.8, 4) is 11.1 Å². The zero-order chi connectivity index (χ0) is 18.1. The van der Waals surface area contributed by atoms with E-state index in [4.69, 9.17) is 0 Å². The molecule has 0 aromatic heterocycles. The van der Waals surface area contributed by atoms with Gasteiger partial charge in [-0.2, -0.15) is 0 Å². The van der Waals surface area contributed by atoms with E-state index in [-0.39, 0.29) is 51.0 Å². The molecule has 0 heterocycles. The number of allylic oxidation sites excluding steroid dienone is 4. The van der Waals surface area contributed by atoms with Crippen LogP contribution in [0.15, 0.2) is 30.4 Å². The summed E-state index contributed by atoms with van der Waals surface area (Å²) < 4.78 is 0. The Balaban J connectivity index is 0.00000115. The first-order valence-corrected chi connectivity index (χ1v) is 11.1. The van der Waals surface area contributed by atoms with Crippen molar-refractivity contribution in [2.24, 2.45) is 0 Å². The maximum absolute atomic E-state index is 3.76. The Kier molecular flexibility index (Phi) is 11.5. The molecule has 0 saturated heterocycles. The molecule has 0 nitrogen and oxygen atoms in total. The van der Waals surface area contributed by atoms with E-state index in [9.17, 15) is 0 Å². The van der Waals surface area contributed by atoms with Crippen LogP contribution in [0.3, 0.4) is 0 Å². The maximum Gasteiger partial charge on any atom is 3.00 e. The average Bonchev–Trinajstić information content (AvgIpc) is 3.22. The Bertz CT molecular complexity index is 898. The van der Waals surface area contributed by atoms with Gasteiger partial charge >= 0.3 is 26.2 Å². The number of fused-ring (bicyclic) bond motifs is 3. The molecule has 0 bridgehead atoms. The van der Waals surface area contributed by atoms with Crippen LogP contribution in [-0.2, 0) is 32.6 Å². The van der Waals surface area contributed by atoms with Gasteiger partial charge < -0.3 is 24.8 Å². The summed E-state index contributed by atoms with van der Waals surface area (Å²) in [5, 5.41) is 0. The molecule has 0 aliphatic heterocycles. The molecule has 0 saturated carbocycles. The molecule has 145 valence electrons. The van der Waals surface area contributed by atoms with Gasteiger partial charge in [0, 0.05) is 9.52 Å². The van der Waals surface area contributed by atoms with Crippen LogP contribution >= 0.6 is 0 Å². The summed E-state index contributed by atoms with van der Waals surface area (Å²) in [5.41, 5.74) is 14.1. The molecule has 0 amide bonds. The van der Waals surface area contributed by atoms with E-state index in [0.29, 0.717) is 0 Å². The zero-order valence-electron chi connectivity index (χ0n) is 17.6. The van der Waals surface area contributed by atoms with Gasteiger partial charge in [0.2, 0.25) is 0 Å². The Morgan fingerprint density at radius 1 is 0.893 bits per heavy atom. The number of halogens is 2. The number of rotatable bonds is 1. The fourth-order valence-electron chi connectivity index (χ4n) is 3.89. The van der Waals surface area contributed by atoms with Crippen molar-refractivity contribution >= 4 is 15.1 Å². The van der Waals surface area contributed by atoms with Crippen molar-refractivity contribution in [1.82, 2.24) is 0 Å². The number of hydrogen-bond acceptors (Lipinski definition) is 0. The first kappa shape index (κ1) is 27.6. The molecule has 4 rings (SSSR count). The molecule has 2 aliphatic carbocycles. The number of aryl methyl sites for hydroxylation is 1. The predicted molar refractivity (Wildman–Crippen MR) is 112 cm³/mol. The van der Waals surface area contributed by atoms with Crippen molar-refractivity contribution in [3.63, 3.8) is 0 Å². The third-order valence-corrected chi connectivity index (χ3v) is 5.42. The van der Waals surface area contributed by atoms with Crippen LogP contribution in [0.5, 0.6) is 0 Å². The zero-order valence-corrected chi connectivity index (χ0v) is 22.5. The Labute approximate surface area is 205 Å². The quantitative estimate of drug-likeness (QED) is 0.333. The second-order valence-corrected chi connectivity index (χ2v) is 8.15. The summed E-state index contributed by atoms with van der Waals surface area (Å²) in [6.45, 7) is 13.3. The van der Waals surface area contributed by atoms with Gasteiger partial charge in [0.25, 0.3) is 0 Å². The van der Waals surface area contributed by atoms with Gasteiger partial charge in [0.1, 0.15) is 0 Å². The summed E-state index contributed by atoms with van der Waals surface area (Å²) in [7, 11) is 1.08. The largest absolute Gasteiger partial charge is 3.00 e. The molecule has 0 atom stereocenters. The first-order chi connectivity index (χ1) is 12.0. The van der Waals surface area contributed by atoms with E-state index < -0.39 is 0 Å². The van der Waals surface area contributed by atoms with Crippen molar-refractivity contribution in [1.29, 1.82) is 0 Å². The number of hydrogen-bond donors (Lipinski definition) is 0. The van der Waals surface area contributed by atoms with Gasteiger partial charge in [-0.25, -0.2) is 0 Å². The van der Waals surface area contributed by atoms with E-state index in [1.165, 1.54) is 55.6 Å². The van der Waals surface area contributed by atoms with Gasteiger partial charge in [-0.05, 0) is 43.4 Å². The molecule has 0 unspecified atom stereocenters. The van der Waals surface area contributed by atoms with Crippen molar-refractivity contribution in [3.05, 3.63) is 75.4 Å². The van der Waals surface area contributed by atoms with E-state index in [1.807, 2.05) is 0 Å². The molecule has 2 aromatic rings. The summed E-state index contributed by atoms with van der Waals surface area (Å²) in [5.74, 6) is 0. The Morgan fingerprint density at radius 2 is 1.54 bits per heavy atom. The smallest absolute Gasteiger partial charge is 1.00 e. The molecular formula is C24H27Cl2SiZr. The standard InChI is InChI=1S/C22H21.C2H6Si.2ClH.Zr/c1-13-9-10-18-11-19-12-20(17-7-5-6-8-17)15(3)16(4)22(19)21(18)14(13)2;1-3-2;;;/h5-7,9-10H,8,11H2,1-4H3;1-2H3;2*1H;/q-1;;;;+3/p-2. The van der Waals surface area contributed by atoms with Gasteiger partial charge in [0.05, 0.1) is 0 Å². The monoisotopic (exact) mass is 503 g/mol. The minimum atomic E-state index is 0. The van der Waals surface area contributed by atoms with Crippen LogP contribution in [0.25, 0.3) is 16.7 Å². The van der Waals surface area contributed by atoms with Crippen molar-refractivity contribution < 1.29 is 51.0 Å². The van der Waals surface area contributed by atoms with E-state index in [1.54, 1.807) is 0 Å². The Morgan fingerprint density at radius 3 is 2.11 bits per heavy atom. The van der Waals surface area contributed by atoms with Crippen LogP contribution in [0, 0.1) is 33.8 Å². The molecule has 0 fully saturated rings. The molecular weight excluding hydrogens is 478 g/mol. The second-order valence-electron chi connectivity index (χ2n) is 7.15. The number of benzene rings is 2. The van der Waals surface area contributed by atoms with Crippen molar-refractivity contribution in [2.45, 2.75) is 53.6 Å². The average molecular weight is 506 g/mol. The summed E-state index contributed by atoms with van der Waals surface area (Å²) >= 11 is 0. The van der Waals surface area contributed by atoms with Crippen LogP contribution in [-0.4, -0.2) is 9.52 Å². The van der Waals surface area contributed by atoms with E-state index >= 15 is 0 Å². The van der Waals surface area contributed by atoms with Crippen LogP contribution in [0.4, 0.5) is 0 Å². The fraction of sp³-hybridized carbons (Fsp3) is 0.333. The summed E-state index contributed by atoms with van der Waals surface area (Å²) in [6.07, 6.45) is 8.70. The topological polar surface area (TPSA) is 0 Å². The van der Waals surface area contributed by atoms with Gasteiger partial charge in [-0.3, -0.25) is 0 Å². The van der Waals surface area contributed by atoms with Gasteiger partial charge in [0.15, 0.2) is 0 Å². The van der Waals surface area contributed by atoms with E-state index in [0.717, 1.165) is 22.4 Å². The van der Waals surface area contributed by atoms with Gasteiger partial charge in [-0.15, -0.1) is 40.0 Å². The summed E-state index contributed by atoms with van der Waals surface area (Å²) in [6, 6.07) is 8.32. The Hall–Kier alpha value is -0.400. The molecule has 0 spiro atoms. The molecule has 4 heteroatoms. The predicted octanol–water partition coefficient (Wildman–Crippen LogP) is 0.427. The van der Waals surface area contributed by atoms with Crippen LogP contribution in [0.1, 0.15) is 45.4 Å². The molecule has 0 N–H and O–H groups in total. The third kappa shape index (κ3) is 5.01. The minimum Gasteiger partial charge on any atom is -1.00 e. The maximum atomic E-state index is 3.76. The molecule has 28 heavy (non-hydrogen) atoms. The normalized spacial score (nSPS) is 12.4. The first-order valence-electron chi connectivity index (χ1n) is 9.08. The molecule has 2 aromatic carbocycles.